The highest BCUT2D eigenvalue weighted by Gasteiger charge is 2.36. The molecule has 2 aliphatic heterocycles. The van der Waals surface area contributed by atoms with E-state index >= 15 is 0 Å². The topological polar surface area (TPSA) is 61.5 Å². The highest BCUT2D eigenvalue weighted by molar-refractivity contribution is 5.92. The van der Waals surface area contributed by atoms with Crippen LogP contribution in [-0.2, 0) is 6.42 Å². The molecule has 0 radical (unpaired) electrons. The lowest BCUT2D eigenvalue weighted by Crippen LogP contribution is -2.48. The summed E-state index contributed by atoms with van der Waals surface area (Å²) in [5, 5.41) is 6.72. The van der Waals surface area contributed by atoms with Crippen molar-refractivity contribution in [2.75, 3.05) is 39.8 Å². The van der Waals surface area contributed by atoms with Gasteiger partial charge in [0.05, 0.1) is 0 Å². The summed E-state index contributed by atoms with van der Waals surface area (Å²) in [6.45, 7) is 4.36. The van der Waals surface area contributed by atoms with Gasteiger partial charge < -0.3 is 14.5 Å². The number of nitrogens with one attached hydrogen (secondary N) is 1. The Morgan fingerprint density at radius 3 is 2.72 bits per heavy atom. The van der Waals surface area contributed by atoms with Crippen molar-refractivity contribution < 1.29 is 9.53 Å². The van der Waals surface area contributed by atoms with Gasteiger partial charge in [-0.3, -0.25) is 9.89 Å². The molecule has 1 amide bonds. The first-order valence-corrected chi connectivity index (χ1v) is 10.8. The van der Waals surface area contributed by atoms with E-state index in [0.29, 0.717) is 12.3 Å². The summed E-state index contributed by atoms with van der Waals surface area (Å²) in [6, 6.07) is 10.2. The van der Waals surface area contributed by atoms with Crippen LogP contribution in [-0.4, -0.2) is 65.7 Å². The third-order valence-electron chi connectivity index (χ3n) is 6.55. The summed E-state index contributed by atoms with van der Waals surface area (Å²) in [4.78, 5) is 17.0. The number of ether oxygens (including phenoxy) is 1. The molecule has 4 rings (SSSR count). The summed E-state index contributed by atoms with van der Waals surface area (Å²) in [6.07, 6.45) is 8.47. The average Bonchev–Trinajstić information content (AvgIpc) is 3.26. The van der Waals surface area contributed by atoms with Gasteiger partial charge in [0, 0.05) is 32.4 Å². The molecule has 1 spiro atoms. The van der Waals surface area contributed by atoms with Crippen molar-refractivity contribution in [3.63, 3.8) is 0 Å². The zero-order valence-electron chi connectivity index (χ0n) is 17.4. The van der Waals surface area contributed by atoms with Gasteiger partial charge in [-0.15, -0.1) is 0 Å². The van der Waals surface area contributed by atoms with E-state index in [1.54, 1.807) is 12.3 Å². The van der Waals surface area contributed by atoms with Crippen molar-refractivity contribution in [1.82, 2.24) is 20.0 Å². The monoisotopic (exact) mass is 396 g/mol. The number of likely N-dealkylation sites (tertiary alicyclic amines) is 1. The SMILES string of the molecule is CN1CCOc2ccccc2CCCCC2(CCN(C(=O)c3ccn[nH]3)CC2)C1. The van der Waals surface area contributed by atoms with Gasteiger partial charge in [0.1, 0.15) is 18.1 Å². The first-order valence-electron chi connectivity index (χ1n) is 10.8. The van der Waals surface area contributed by atoms with Gasteiger partial charge in [-0.25, -0.2) is 0 Å². The Labute approximate surface area is 173 Å². The fourth-order valence-corrected chi connectivity index (χ4v) is 4.85. The molecular formula is C23H32N4O2. The molecule has 1 N–H and O–H groups in total. The van der Waals surface area contributed by atoms with Gasteiger partial charge in [0.15, 0.2) is 0 Å². The Kier molecular flexibility index (Phi) is 6.19. The molecule has 0 unspecified atom stereocenters. The fraction of sp³-hybridized carbons (Fsp3) is 0.565. The molecule has 0 aliphatic carbocycles. The van der Waals surface area contributed by atoms with Crippen LogP contribution in [0.2, 0.25) is 0 Å². The minimum atomic E-state index is 0.0730. The Hall–Kier alpha value is -2.34. The molecule has 1 fully saturated rings. The van der Waals surface area contributed by atoms with Crippen molar-refractivity contribution in [1.29, 1.82) is 0 Å². The molecular weight excluding hydrogens is 364 g/mol. The van der Waals surface area contributed by atoms with Gasteiger partial charge >= 0.3 is 0 Å². The van der Waals surface area contributed by atoms with E-state index in [2.05, 4.69) is 46.4 Å². The van der Waals surface area contributed by atoms with Crippen LogP contribution in [0.4, 0.5) is 0 Å². The number of amides is 1. The number of aromatic nitrogens is 2. The molecule has 1 aromatic carbocycles. The quantitative estimate of drug-likeness (QED) is 0.803. The van der Waals surface area contributed by atoms with Crippen molar-refractivity contribution in [2.45, 2.75) is 38.5 Å². The number of rotatable bonds is 1. The number of nitrogens with zero attached hydrogens (tertiary/aromatic N) is 3. The third-order valence-corrected chi connectivity index (χ3v) is 6.55. The highest BCUT2D eigenvalue weighted by Crippen LogP contribution is 2.38. The van der Waals surface area contributed by atoms with Crippen LogP contribution < -0.4 is 4.74 Å². The predicted octanol–water partition coefficient (Wildman–Crippen LogP) is 3.37. The van der Waals surface area contributed by atoms with Crippen LogP contribution in [0.15, 0.2) is 36.5 Å². The van der Waals surface area contributed by atoms with E-state index in [4.69, 9.17) is 4.74 Å². The largest absolute Gasteiger partial charge is 0.492 e. The molecule has 156 valence electrons. The summed E-state index contributed by atoms with van der Waals surface area (Å²) in [7, 11) is 2.20. The highest BCUT2D eigenvalue weighted by atomic mass is 16.5. The fourth-order valence-electron chi connectivity index (χ4n) is 4.85. The minimum Gasteiger partial charge on any atom is -0.492 e. The predicted molar refractivity (Wildman–Crippen MR) is 113 cm³/mol. The molecule has 6 heteroatoms. The smallest absolute Gasteiger partial charge is 0.271 e. The van der Waals surface area contributed by atoms with E-state index in [-0.39, 0.29) is 11.3 Å². The number of benzene rings is 1. The summed E-state index contributed by atoms with van der Waals surface area (Å²) >= 11 is 0. The normalized spacial score (nSPS) is 20.9. The van der Waals surface area contributed by atoms with Crippen LogP contribution in [0.5, 0.6) is 5.75 Å². The lowest BCUT2D eigenvalue weighted by atomic mass is 9.73. The Morgan fingerprint density at radius 1 is 1.10 bits per heavy atom. The molecule has 3 heterocycles. The number of carbonyl (C=O) groups is 1. The van der Waals surface area contributed by atoms with Gasteiger partial charge in [-0.2, -0.15) is 5.10 Å². The second kappa shape index (κ2) is 8.99. The van der Waals surface area contributed by atoms with E-state index in [1.165, 1.54) is 24.8 Å². The van der Waals surface area contributed by atoms with E-state index < -0.39 is 0 Å². The molecule has 2 aliphatic rings. The third kappa shape index (κ3) is 4.81. The molecule has 0 bridgehead atoms. The first kappa shape index (κ1) is 20.0. The minimum absolute atomic E-state index is 0.0730. The van der Waals surface area contributed by atoms with Crippen molar-refractivity contribution in [3.05, 3.63) is 47.8 Å². The molecule has 0 atom stereocenters. The first-order chi connectivity index (χ1) is 14.2. The number of hydrogen-bond donors (Lipinski definition) is 1. The van der Waals surface area contributed by atoms with Gasteiger partial charge in [-0.1, -0.05) is 24.6 Å². The molecule has 6 nitrogen and oxygen atoms in total. The zero-order valence-corrected chi connectivity index (χ0v) is 17.4. The van der Waals surface area contributed by atoms with E-state index in [1.807, 2.05) is 4.90 Å². The number of aryl methyl sites for hydroxylation is 1. The molecule has 0 saturated carbocycles. The second-order valence-corrected chi connectivity index (χ2v) is 8.66. The maximum absolute atomic E-state index is 12.6. The summed E-state index contributed by atoms with van der Waals surface area (Å²) < 4.78 is 6.09. The van der Waals surface area contributed by atoms with Crippen LogP contribution in [0, 0.1) is 5.41 Å². The number of aromatic amines is 1. The standard InChI is InChI=1S/C23H32N4O2/c1-26-16-17-29-21-8-3-2-6-19(21)7-4-5-10-23(18-26)11-14-27(15-12-23)22(28)20-9-13-24-25-20/h2-3,6,8-9,13H,4-5,7,10-12,14-18H2,1H3,(H,24,25). The Bertz CT molecular complexity index is 797. The number of piperidine rings is 1. The number of fused-ring (bicyclic) bond motifs is 1. The number of likely N-dealkylation sites (N-methyl/N-ethyl adjacent to an activating group) is 1. The summed E-state index contributed by atoms with van der Waals surface area (Å²) in [5.74, 6) is 1.12. The van der Waals surface area contributed by atoms with Gasteiger partial charge in [0.2, 0.25) is 0 Å². The van der Waals surface area contributed by atoms with Crippen LogP contribution >= 0.6 is 0 Å². The van der Waals surface area contributed by atoms with Gasteiger partial charge in [-0.05, 0) is 62.3 Å². The van der Waals surface area contributed by atoms with Crippen molar-refractivity contribution in [3.8, 4) is 5.75 Å². The maximum Gasteiger partial charge on any atom is 0.271 e. The Morgan fingerprint density at radius 2 is 1.93 bits per heavy atom. The lowest BCUT2D eigenvalue weighted by Gasteiger charge is -2.44. The van der Waals surface area contributed by atoms with Crippen LogP contribution in [0.25, 0.3) is 0 Å². The average molecular weight is 397 g/mol. The van der Waals surface area contributed by atoms with E-state index in [0.717, 1.165) is 51.2 Å². The number of hydrogen-bond acceptors (Lipinski definition) is 4. The molecule has 2 aromatic rings. The second-order valence-electron chi connectivity index (χ2n) is 8.66. The van der Waals surface area contributed by atoms with Crippen LogP contribution in [0.3, 0.4) is 0 Å². The molecule has 1 aromatic heterocycles. The number of carbonyl (C=O) groups excluding carboxylic acids is 1. The Balaban J connectivity index is 1.40. The lowest BCUT2D eigenvalue weighted by molar-refractivity contribution is 0.0421. The zero-order chi connectivity index (χ0) is 20.1. The maximum atomic E-state index is 12.6. The van der Waals surface area contributed by atoms with Crippen molar-refractivity contribution in [2.24, 2.45) is 5.41 Å². The van der Waals surface area contributed by atoms with Crippen LogP contribution in [0.1, 0.15) is 48.2 Å². The van der Waals surface area contributed by atoms with E-state index in [9.17, 15) is 4.79 Å². The van der Waals surface area contributed by atoms with Crippen molar-refractivity contribution >= 4 is 5.91 Å². The number of para-hydroxylation sites is 1. The summed E-state index contributed by atoms with van der Waals surface area (Å²) in [5.41, 5.74) is 2.20. The molecule has 29 heavy (non-hydrogen) atoms. The molecule has 1 saturated heterocycles. The van der Waals surface area contributed by atoms with Gasteiger partial charge in [0.25, 0.3) is 5.91 Å². The number of H-pyrrole nitrogens is 1.